The van der Waals surface area contributed by atoms with Gasteiger partial charge in [0.25, 0.3) is 0 Å². The molecule has 0 bridgehead atoms. The van der Waals surface area contributed by atoms with Crippen molar-refractivity contribution in [3.63, 3.8) is 0 Å². The third-order valence-corrected chi connectivity index (χ3v) is 4.33. The van der Waals surface area contributed by atoms with Crippen LogP contribution in [0.3, 0.4) is 0 Å². The van der Waals surface area contributed by atoms with Crippen LogP contribution in [-0.4, -0.2) is 34.1 Å². The number of amides is 1. The Balaban J connectivity index is 1.67. The highest BCUT2D eigenvalue weighted by Gasteiger charge is 2.25. The van der Waals surface area contributed by atoms with E-state index in [1.165, 1.54) is 17.4 Å². The summed E-state index contributed by atoms with van der Waals surface area (Å²) in [7, 11) is 0. The topological polar surface area (TPSA) is 58.1 Å². The molecule has 1 unspecified atom stereocenters. The molecule has 0 saturated heterocycles. The maximum Gasteiger partial charge on any atom is 0.240 e. The maximum absolute atomic E-state index is 13.3. The number of hydrogen-bond acceptors (Lipinski definition) is 5. The Morgan fingerprint density at radius 1 is 1.57 bits per heavy atom. The molecule has 0 saturated carbocycles. The molecule has 0 fully saturated rings. The predicted octanol–water partition coefficient (Wildman–Crippen LogP) is 2.23. The van der Waals surface area contributed by atoms with Gasteiger partial charge in [-0.15, -0.1) is 10.2 Å². The van der Waals surface area contributed by atoms with Crippen molar-refractivity contribution in [1.82, 2.24) is 15.1 Å². The SMILES string of the molecule is CC1c2ccc(F)cc2CCN1CC(=O)Nc1nncs1. The van der Waals surface area contributed by atoms with E-state index in [1.54, 1.807) is 11.6 Å². The van der Waals surface area contributed by atoms with Crippen LogP contribution in [-0.2, 0) is 11.2 Å². The number of fused-ring (bicyclic) bond motifs is 1. The second kappa shape index (κ2) is 5.87. The number of rotatable bonds is 3. The van der Waals surface area contributed by atoms with Gasteiger partial charge in [0, 0.05) is 12.6 Å². The first-order valence-electron chi connectivity index (χ1n) is 6.72. The Hall–Kier alpha value is -1.86. The smallest absolute Gasteiger partial charge is 0.240 e. The Labute approximate surface area is 125 Å². The van der Waals surface area contributed by atoms with Crippen molar-refractivity contribution in [3.05, 3.63) is 40.7 Å². The fourth-order valence-corrected chi connectivity index (χ4v) is 3.10. The molecule has 2 aromatic rings. The summed E-state index contributed by atoms with van der Waals surface area (Å²) in [5, 5.41) is 10.7. The molecule has 1 N–H and O–H groups in total. The van der Waals surface area contributed by atoms with Gasteiger partial charge >= 0.3 is 0 Å². The molecule has 1 aromatic heterocycles. The van der Waals surface area contributed by atoms with Crippen molar-refractivity contribution in [2.24, 2.45) is 0 Å². The van der Waals surface area contributed by atoms with E-state index in [4.69, 9.17) is 0 Å². The largest absolute Gasteiger partial charge is 0.299 e. The lowest BCUT2D eigenvalue weighted by Crippen LogP contribution is -2.39. The van der Waals surface area contributed by atoms with Gasteiger partial charge in [-0.2, -0.15) is 0 Å². The molecule has 7 heteroatoms. The van der Waals surface area contributed by atoms with Crippen molar-refractivity contribution >= 4 is 22.4 Å². The summed E-state index contributed by atoms with van der Waals surface area (Å²) in [6, 6.07) is 4.96. The second-order valence-electron chi connectivity index (χ2n) is 5.03. The zero-order valence-corrected chi connectivity index (χ0v) is 12.4. The Kier molecular flexibility index (Phi) is 3.94. The molecule has 1 aliphatic heterocycles. The first-order valence-corrected chi connectivity index (χ1v) is 7.60. The normalized spacial score (nSPS) is 18.3. The maximum atomic E-state index is 13.3. The third kappa shape index (κ3) is 3.08. The lowest BCUT2D eigenvalue weighted by atomic mass is 9.93. The molecular formula is C14H15FN4OS. The molecule has 1 atom stereocenters. The van der Waals surface area contributed by atoms with Gasteiger partial charge in [-0.05, 0) is 36.6 Å². The Bertz CT molecular complexity index is 646. The van der Waals surface area contributed by atoms with E-state index < -0.39 is 0 Å². The van der Waals surface area contributed by atoms with Gasteiger partial charge in [0.15, 0.2) is 0 Å². The minimum atomic E-state index is -0.205. The van der Waals surface area contributed by atoms with Gasteiger partial charge < -0.3 is 0 Å². The highest BCUT2D eigenvalue weighted by atomic mass is 32.1. The standard InChI is InChI=1S/C14H15FN4OS/c1-9-12-3-2-11(15)6-10(12)4-5-19(9)7-13(20)17-14-18-16-8-21-14/h2-3,6,8-9H,4-5,7H2,1H3,(H,17,18,20). The van der Waals surface area contributed by atoms with Crippen LogP contribution in [0.1, 0.15) is 24.1 Å². The summed E-state index contributed by atoms with van der Waals surface area (Å²) in [5.41, 5.74) is 3.69. The van der Waals surface area contributed by atoms with Crippen molar-refractivity contribution in [2.75, 3.05) is 18.4 Å². The number of carbonyl (C=O) groups excluding carboxylic acids is 1. The van der Waals surface area contributed by atoms with E-state index in [9.17, 15) is 9.18 Å². The van der Waals surface area contributed by atoms with Crippen molar-refractivity contribution in [1.29, 1.82) is 0 Å². The van der Waals surface area contributed by atoms with E-state index >= 15 is 0 Å². The molecule has 21 heavy (non-hydrogen) atoms. The van der Waals surface area contributed by atoms with Crippen molar-refractivity contribution in [2.45, 2.75) is 19.4 Å². The van der Waals surface area contributed by atoms with Gasteiger partial charge in [0.05, 0.1) is 6.54 Å². The van der Waals surface area contributed by atoms with E-state index in [0.717, 1.165) is 24.1 Å². The van der Waals surface area contributed by atoms with Crippen LogP contribution in [0.15, 0.2) is 23.7 Å². The summed E-state index contributed by atoms with van der Waals surface area (Å²) >= 11 is 1.29. The summed E-state index contributed by atoms with van der Waals surface area (Å²) in [5.74, 6) is -0.312. The summed E-state index contributed by atoms with van der Waals surface area (Å²) < 4.78 is 13.3. The van der Waals surface area contributed by atoms with Crippen LogP contribution in [0.2, 0.25) is 0 Å². The van der Waals surface area contributed by atoms with Crippen LogP contribution >= 0.6 is 11.3 Å². The minimum Gasteiger partial charge on any atom is -0.299 e. The van der Waals surface area contributed by atoms with Gasteiger partial charge in [-0.25, -0.2) is 4.39 Å². The van der Waals surface area contributed by atoms with Gasteiger partial charge in [0.2, 0.25) is 11.0 Å². The molecule has 5 nitrogen and oxygen atoms in total. The summed E-state index contributed by atoms with van der Waals surface area (Å²) in [6.45, 7) is 3.06. The molecular weight excluding hydrogens is 291 g/mol. The number of hydrogen-bond donors (Lipinski definition) is 1. The number of anilines is 1. The number of carbonyl (C=O) groups is 1. The molecule has 3 rings (SSSR count). The lowest BCUT2D eigenvalue weighted by molar-refractivity contribution is -0.117. The highest BCUT2D eigenvalue weighted by Crippen LogP contribution is 2.29. The molecule has 2 heterocycles. The zero-order chi connectivity index (χ0) is 14.8. The van der Waals surface area contributed by atoms with Crippen LogP contribution in [0.4, 0.5) is 9.52 Å². The fourth-order valence-electron chi connectivity index (χ4n) is 2.64. The van der Waals surface area contributed by atoms with E-state index in [2.05, 4.69) is 20.4 Å². The van der Waals surface area contributed by atoms with E-state index in [0.29, 0.717) is 5.13 Å². The monoisotopic (exact) mass is 306 g/mol. The second-order valence-corrected chi connectivity index (χ2v) is 5.86. The number of nitrogens with one attached hydrogen (secondary N) is 1. The molecule has 0 aliphatic carbocycles. The molecule has 0 spiro atoms. The van der Waals surface area contributed by atoms with E-state index in [1.807, 2.05) is 13.0 Å². The summed E-state index contributed by atoms with van der Waals surface area (Å²) in [4.78, 5) is 14.1. The summed E-state index contributed by atoms with van der Waals surface area (Å²) in [6.07, 6.45) is 0.753. The van der Waals surface area contributed by atoms with Gasteiger partial charge in [-0.1, -0.05) is 17.4 Å². The first-order chi connectivity index (χ1) is 10.1. The molecule has 1 aliphatic rings. The van der Waals surface area contributed by atoms with Gasteiger partial charge in [0.1, 0.15) is 11.3 Å². The zero-order valence-electron chi connectivity index (χ0n) is 11.5. The fraction of sp³-hybridized carbons (Fsp3) is 0.357. The van der Waals surface area contributed by atoms with Crippen LogP contribution < -0.4 is 5.32 Å². The van der Waals surface area contributed by atoms with Gasteiger partial charge in [-0.3, -0.25) is 15.0 Å². The highest BCUT2D eigenvalue weighted by molar-refractivity contribution is 7.13. The first kappa shape index (κ1) is 14.1. The third-order valence-electron chi connectivity index (χ3n) is 3.72. The number of benzene rings is 1. The molecule has 1 amide bonds. The average molecular weight is 306 g/mol. The quantitative estimate of drug-likeness (QED) is 0.945. The molecule has 0 radical (unpaired) electrons. The van der Waals surface area contributed by atoms with E-state index in [-0.39, 0.29) is 24.3 Å². The number of halogens is 1. The lowest BCUT2D eigenvalue weighted by Gasteiger charge is -2.34. The average Bonchev–Trinajstić information content (AvgIpc) is 2.94. The van der Waals surface area contributed by atoms with Crippen molar-refractivity contribution in [3.8, 4) is 0 Å². The molecule has 1 aromatic carbocycles. The molecule has 110 valence electrons. The van der Waals surface area contributed by atoms with Crippen LogP contribution in [0.5, 0.6) is 0 Å². The Morgan fingerprint density at radius 3 is 3.19 bits per heavy atom. The number of nitrogens with zero attached hydrogens (tertiary/aromatic N) is 3. The number of aromatic nitrogens is 2. The predicted molar refractivity (Wildman–Crippen MR) is 78.6 cm³/mol. The van der Waals surface area contributed by atoms with Crippen molar-refractivity contribution < 1.29 is 9.18 Å². The Morgan fingerprint density at radius 2 is 2.43 bits per heavy atom. The minimum absolute atomic E-state index is 0.0921. The van der Waals surface area contributed by atoms with Crippen LogP contribution in [0, 0.1) is 5.82 Å². The van der Waals surface area contributed by atoms with Crippen LogP contribution in [0.25, 0.3) is 0 Å².